The van der Waals surface area contributed by atoms with E-state index in [1.54, 1.807) is 44.2 Å². The van der Waals surface area contributed by atoms with Gasteiger partial charge < -0.3 is 4.74 Å². The Morgan fingerprint density at radius 1 is 1.20 bits per heavy atom. The van der Waals surface area contributed by atoms with Gasteiger partial charge in [0.05, 0.1) is 16.6 Å². The number of ether oxygens (including phenoxy) is 1. The third-order valence-electron chi connectivity index (χ3n) is 2.93. The van der Waals surface area contributed by atoms with Crippen molar-refractivity contribution in [2.45, 2.75) is 13.8 Å². The van der Waals surface area contributed by atoms with Gasteiger partial charge in [-0.15, -0.1) is 0 Å². The van der Waals surface area contributed by atoms with E-state index in [1.807, 2.05) is 0 Å². The molecule has 0 unspecified atom stereocenters. The average Bonchev–Trinajstić information content (AvgIpc) is 2.41. The number of nitrogens with zero attached hydrogens (tertiary/aromatic N) is 2. The maximum absolute atomic E-state index is 11.0. The van der Waals surface area contributed by atoms with Crippen molar-refractivity contribution in [2.24, 2.45) is 0 Å². The largest absolute Gasteiger partial charge is 0.450 e. The second-order valence-electron chi connectivity index (χ2n) is 4.37. The van der Waals surface area contributed by atoms with Gasteiger partial charge in [0, 0.05) is 6.07 Å². The number of nitro groups is 1. The van der Waals surface area contributed by atoms with Crippen LogP contribution in [-0.2, 0) is 0 Å². The zero-order valence-corrected chi connectivity index (χ0v) is 11.1. The van der Waals surface area contributed by atoms with Crippen molar-refractivity contribution >= 4 is 5.69 Å². The van der Waals surface area contributed by atoms with E-state index in [0.717, 1.165) is 5.56 Å². The van der Waals surface area contributed by atoms with Crippen molar-refractivity contribution in [2.75, 3.05) is 0 Å². The van der Waals surface area contributed by atoms with Crippen LogP contribution in [0.25, 0.3) is 0 Å². The van der Waals surface area contributed by atoms with Gasteiger partial charge in [-0.1, -0.05) is 12.1 Å². The topological polar surface area (TPSA) is 76.2 Å². The number of para-hydroxylation sites is 1. The van der Waals surface area contributed by atoms with Gasteiger partial charge in [0.25, 0.3) is 0 Å². The lowest BCUT2D eigenvalue weighted by atomic mass is 10.1. The Morgan fingerprint density at radius 2 is 1.95 bits per heavy atom. The molecule has 2 aromatic rings. The number of nitro benzene ring substituents is 1. The lowest BCUT2D eigenvalue weighted by Crippen LogP contribution is -1.96. The lowest BCUT2D eigenvalue weighted by molar-refractivity contribution is -0.385. The van der Waals surface area contributed by atoms with Crippen LogP contribution in [0.1, 0.15) is 16.7 Å². The predicted molar refractivity (Wildman–Crippen MR) is 73.8 cm³/mol. The van der Waals surface area contributed by atoms with Crippen molar-refractivity contribution in [1.82, 2.24) is 0 Å². The minimum absolute atomic E-state index is 0.0768. The van der Waals surface area contributed by atoms with Crippen LogP contribution in [0.15, 0.2) is 36.4 Å². The van der Waals surface area contributed by atoms with Crippen LogP contribution >= 0.6 is 0 Å². The first-order chi connectivity index (χ1) is 9.52. The van der Waals surface area contributed by atoms with E-state index in [2.05, 4.69) is 6.07 Å². The van der Waals surface area contributed by atoms with Crippen LogP contribution in [0.4, 0.5) is 5.69 Å². The fraction of sp³-hybridized carbons (Fsp3) is 0.133. The van der Waals surface area contributed by atoms with Crippen molar-refractivity contribution in [3.8, 4) is 17.6 Å². The quantitative estimate of drug-likeness (QED) is 0.625. The number of rotatable bonds is 3. The number of benzene rings is 2. The van der Waals surface area contributed by atoms with Crippen LogP contribution in [0, 0.1) is 35.3 Å². The highest BCUT2D eigenvalue weighted by Crippen LogP contribution is 2.34. The summed E-state index contributed by atoms with van der Waals surface area (Å²) in [6.45, 7) is 3.54. The minimum atomic E-state index is -0.473. The molecule has 0 aromatic heterocycles. The van der Waals surface area contributed by atoms with Crippen molar-refractivity contribution in [3.63, 3.8) is 0 Å². The second-order valence-corrected chi connectivity index (χ2v) is 4.37. The molecule has 5 nitrogen and oxygen atoms in total. The summed E-state index contributed by atoms with van der Waals surface area (Å²) < 4.78 is 5.63. The molecule has 20 heavy (non-hydrogen) atoms. The molecule has 0 aliphatic heterocycles. The van der Waals surface area contributed by atoms with E-state index in [1.165, 1.54) is 6.07 Å². The third kappa shape index (κ3) is 2.59. The molecular weight excluding hydrogens is 256 g/mol. The van der Waals surface area contributed by atoms with Crippen LogP contribution in [-0.4, -0.2) is 4.92 Å². The standard InChI is InChI=1S/C15H12N2O3/c1-10-4-3-5-14(17(18)19)15(10)20-13-7-6-12(9-16)11(2)8-13/h3-8H,1-2H3. The number of nitriles is 1. The zero-order valence-electron chi connectivity index (χ0n) is 11.1. The maximum atomic E-state index is 11.0. The first kappa shape index (κ1) is 13.6. The monoisotopic (exact) mass is 268 g/mol. The first-order valence-corrected chi connectivity index (χ1v) is 5.95. The molecule has 0 saturated heterocycles. The SMILES string of the molecule is Cc1cc(Oc2c(C)cccc2[N+](=O)[O-])ccc1C#N. The molecule has 0 aliphatic carbocycles. The highest BCUT2D eigenvalue weighted by Gasteiger charge is 2.17. The Bertz CT molecular complexity index is 718. The van der Waals surface area contributed by atoms with Gasteiger partial charge in [-0.05, 0) is 43.2 Å². The summed E-state index contributed by atoms with van der Waals surface area (Å²) in [5.74, 6) is 0.695. The fourth-order valence-corrected chi connectivity index (χ4v) is 1.86. The summed E-state index contributed by atoms with van der Waals surface area (Å²) in [7, 11) is 0. The van der Waals surface area contributed by atoms with E-state index in [-0.39, 0.29) is 11.4 Å². The van der Waals surface area contributed by atoms with Gasteiger partial charge in [-0.3, -0.25) is 10.1 Å². The second kappa shape index (κ2) is 5.41. The summed E-state index contributed by atoms with van der Waals surface area (Å²) in [5.41, 5.74) is 1.92. The molecule has 0 amide bonds. The van der Waals surface area contributed by atoms with E-state index in [0.29, 0.717) is 16.9 Å². The molecule has 2 aromatic carbocycles. The molecule has 5 heteroatoms. The molecule has 0 radical (unpaired) electrons. The van der Waals surface area contributed by atoms with Gasteiger partial charge in [-0.2, -0.15) is 5.26 Å². The number of hydrogen-bond acceptors (Lipinski definition) is 4. The predicted octanol–water partition coefficient (Wildman–Crippen LogP) is 3.88. The lowest BCUT2D eigenvalue weighted by Gasteiger charge is -2.10. The molecule has 0 aliphatic rings. The van der Waals surface area contributed by atoms with E-state index >= 15 is 0 Å². The molecule has 0 fully saturated rings. The maximum Gasteiger partial charge on any atom is 0.311 e. The number of hydrogen-bond donors (Lipinski definition) is 0. The molecule has 0 atom stereocenters. The van der Waals surface area contributed by atoms with Gasteiger partial charge in [0.15, 0.2) is 0 Å². The van der Waals surface area contributed by atoms with Gasteiger partial charge in [0.1, 0.15) is 5.75 Å². The van der Waals surface area contributed by atoms with E-state index in [4.69, 9.17) is 10.00 Å². The Labute approximate surface area is 116 Å². The summed E-state index contributed by atoms with van der Waals surface area (Å²) >= 11 is 0. The Balaban J connectivity index is 2.43. The summed E-state index contributed by atoms with van der Waals surface area (Å²) in [4.78, 5) is 10.5. The van der Waals surface area contributed by atoms with Gasteiger partial charge in [-0.25, -0.2) is 0 Å². The molecule has 0 heterocycles. The van der Waals surface area contributed by atoms with Crippen LogP contribution in [0.5, 0.6) is 11.5 Å². The molecule has 0 saturated carbocycles. The van der Waals surface area contributed by atoms with Crippen LogP contribution in [0.3, 0.4) is 0 Å². The van der Waals surface area contributed by atoms with Crippen molar-refractivity contribution in [3.05, 3.63) is 63.2 Å². The zero-order chi connectivity index (χ0) is 14.7. The van der Waals surface area contributed by atoms with Crippen LogP contribution < -0.4 is 4.74 Å². The van der Waals surface area contributed by atoms with E-state index in [9.17, 15) is 10.1 Å². The summed E-state index contributed by atoms with van der Waals surface area (Å²) in [6, 6.07) is 11.8. The van der Waals surface area contributed by atoms with E-state index < -0.39 is 4.92 Å². The van der Waals surface area contributed by atoms with Crippen molar-refractivity contribution in [1.29, 1.82) is 5.26 Å². The average molecular weight is 268 g/mol. The first-order valence-electron chi connectivity index (χ1n) is 5.95. The highest BCUT2D eigenvalue weighted by atomic mass is 16.6. The third-order valence-corrected chi connectivity index (χ3v) is 2.93. The molecule has 0 N–H and O–H groups in total. The van der Waals surface area contributed by atoms with Crippen molar-refractivity contribution < 1.29 is 9.66 Å². The van der Waals surface area contributed by atoms with Crippen LogP contribution in [0.2, 0.25) is 0 Å². The molecule has 100 valence electrons. The molecule has 0 spiro atoms. The number of aryl methyl sites for hydroxylation is 2. The Morgan fingerprint density at radius 3 is 2.55 bits per heavy atom. The molecular formula is C15H12N2O3. The summed E-state index contributed by atoms with van der Waals surface area (Å²) in [6.07, 6.45) is 0. The summed E-state index contributed by atoms with van der Waals surface area (Å²) in [5, 5.41) is 19.9. The highest BCUT2D eigenvalue weighted by molar-refractivity contribution is 5.53. The normalized spacial score (nSPS) is 9.85. The minimum Gasteiger partial charge on any atom is -0.450 e. The smallest absolute Gasteiger partial charge is 0.311 e. The van der Waals surface area contributed by atoms with Gasteiger partial charge in [0.2, 0.25) is 5.75 Å². The fourth-order valence-electron chi connectivity index (χ4n) is 1.86. The molecule has 0 bridgehead atoms. The Kier molecular flexibility index (Phi) is 3.67. The molecule has 2 rings (SSSR count). The van der Waals surface area contributed by atoms with Gasteiger partial charge >= 0.3 is 5.69 Å². The Hall–Kier alpha value is -2.87.